The van der Waals surface area contributed by atoms with Crippen LogP contribution in [-0.4, -0.2) is 38.3 Å². The minimum absolute atomic E-state index is 0.0488. The number of aliphatic imine (C=N–C) groups is 1. The fraction of sp³-hybridized carbons (Fsp3) is 0.917. The number of guanidine groups is 1. The Morgan fingerprint density at radius 3 is 2.44 bits per heavy atom. The summed E-state index contributed by atoms with van der Waals surface area (Å²) < 4.78 is 5.27. The highest BCUT2D eigenvalue weighted by Crippen LogP contribution is 1.97. The maximum absolute atomic E-state index is 5.27. The number of ether oxygens (including phenoxy) is 1. The molecule has 0 fully saturated rings. The van der Waals surface area contributed by atoms with Gasteiger partial charge in [-0.25, -0.2) is 0 Å². The summed E-state index contributed by atoms with van der Waals surface area (Å²) >= 11 is 0. The molecule has 0 atom stereocenters. The number of hydrogen-bond acceptors (Lipinski definition) is 2. The summed E-state index contributed by atoms with van der Waals surface area (Å²) in [4.78, 5) is 4.17. The molecule has 0 aliphatic rings. The van der Waals surface area contributed by atoms with Gasteiger partial charge in [0.25, 0.3) is 0 Å². The molecule has 2 N–H and O–H groups in total. The lowest BCUT2D eigenvalue weighted by Crippen LogP contribution is -2.47. The van der Waals surface area contributed by atoms with Gasteiger partial charge < -0.3 is 15.4 Å². The van der Waals surface area contributed by atoms with E-state index >= 15 is 0 Å². The van der Waals surface area contributed by atoms with E-state index < -0.39 is 0 Å². The van der Waals surface area contributed by atoms with E-state index in [-0.39, 0.29) is 5.54 Å². The summed E-state index contributed by atoms with van der Waals surface area (Å²) in [7, 11) is 1.79. The van der Waals surface area contributed by atoms with Crippen molar-refractivity contribution in [1.29, 1.82) is 0 Å². The van der Waals surface area contributed by atoms with Crippen molar-refractivity contribution in [2.24, 2.45) is 4.99 Å². The van der Waals surface area contributed by atoms with Gasteiger partial charge in [-0.1, -0.05) is 0 Å². The third-order valence-corrected chi connectivity index (χ3v) is 1.93. The van der Waals surface area contributed by atoms with E-state index in [4.69, 9.17) is 4.74 Å². The Labute approximate surface area is 99.9 Å². The molecule has 0 aromatic heterocycles. The molecule has 0 aromatic carbocycles. The predicted octanol–water partition coefficient (Wildman–Crippen LogP) is 1.77. The van der Waals surface area contributed by atoms with Crippen molar-refractivity contribution >= 4 is 5.96 Å². The zero-order valence-corrected chi connectivity index (χ0v) is 11.4. The van der Waals surface area contributed by atoms with Crippen molar-refractivity contribution < 1.29 is 4.74 Å². The van der Waals surface area contributed by atoms with Crippen LogP contribution >= 0.6 is 0 Å². The second-order valence-electron chi connectivity index (χ2n) is 4.78. The molecular formula is C12H27N3O. The fourth-order valence-corrected chi connectivity index (χ4v) is 1.21. The predicted molar refractivity (Wildman–Crippen MR) is 70.0 cm³/mol. The molecular weight excluding hydrogens is 202 g/mol. The molecule has 0 heterocycles. The Kier molecular flexibility index (Phi) is 7.99. The Hall–Kier alpha value is -0.770. The van der Waals surface area contributed by atoms with E-state index in [0.29, 0.717) is 0 Å². The highest BCUT2D eigenvalue weighted by Gasteiger charge is 2.10. The lowest BCUT2D eigenvalue weighted by Gasteiger charge is -2.23. The standard InChI is InChI=1S/C12H27N3O/c1-6-16-10-8-7-9-14-11(13-5)15-12(2,3)4/h6-10H2,1-5H3,(H2,13,14,15). The largest absolute Gasteiger partial charge is 0.382 e. The van der Waals surface area contributed by atoms with Gasteiger partial charge >= 0.3 is 0 Å². The topological polar surface area (TPSA) is 45.6 Å². The maximum Gasteiger partial charge on any atom is 0.191 e. The van der Waals surface area contributed by atoms with Crippen LogP contribution < -0.4 is 10.6 Å². The first-order chi connectivity index (χ1) is 7.49. The molecule has 0 spiro atoms. The number of rotatable bonds is 6. The van der Waals surface area contributed by atoms with E-state index in [1.807, 2.05) is 6.92 Å². The number of unbranched alkanes of at least 4 members (excludes halogenated alkanes) is 1. The number of nitrogens with one attached hydrogen (secondary N) is 2. The van der Waals surface area contributed by atoms with Gasteiger partial charge in [0, 0.05) is 32.3 Å². The van der Waals surface area contributed by atoms with Crippen molar-refractivity contribution in [1.82, 2.24) is 10.6 Å². The van der Waals surface area contributed by atoms with Gasteiger partial charge in [-0.05, 0) is 40.5 Å². The van der Waals surface area contributed by atoms with Crippen molar-refractivity contribution in [3.05, 3.63) is 0 Å². The third-order valence-electron chi connectivity index (χ3n) is 1.93. The van der Waals surface area contributed by atoms with Gasteiger partial charge in [-0.2, -0.15) is 0 Å². The minimum Gasteiger partial charge on any atom is -0.382 e. The molecule has 0 aliphatic heterocycles. The molecule has 0 aromatic rings. The molecule has 0 saturated carbocycles. The van der Waals surface area contributed by atoms with Crippen LogP contribution in [0.3, 0.4) is 0 Å². The van der Waals surface area contributed by atoms with Crippen LogP contribution in [0.1, 0.15) is 40.5 Å². The maximum atomic E-state index is 5.27. The summed E-state index contributed by atoms with van der Waals surface area (Å²) in [6.45, 7) is 11.0. The normalized spacial score (nSPS) is 12.7. The summed E-state index contributed by atoms with van der Waals surface area (Å²) in [5.41, 5.74) is 0.0488. The third kappa shape index (κ3) is 9.77. The zero-order valence-electron chi connectivity index (χ0n) is 11.4. The zero-order chi connectivity index (χ0) is 12.4. The molecule has 0 rings (SSSR count). The Bertz CT molecular complexity index is 197. The van der Waals surface area contributed by atoms with Crippen LogP contribution in [0.2, 0.25) is 0 Å². The average molecular weight is 229 g/mol. The number of nitrogens with zero attached hydrogens (tertiary/aromatic N) is 1. The second-order valence-corrected chi connectivity index (χ2v) is 4.78. The van der Waals surface area contributed by atoms with Crippen LogP contribution in [-0.2, 0) is 4.74 Å². The van der Waals surface area contributed by atoms with Crippen LogP contribution in [0.4, 0.5) is 0 Å². The number of hydrogen-bond donors (Lipinski definition) is 2. The molecule has 4 nitrogen and oxygen atoms in total. The first kappa shape index (κ1) is 15.2. The van der Waals surface area contributed by atoms with Crippen LogP contribution in [0.25, 0.3) is 0 Å². The Balaban J connectivity index is 3.58. The van der Waals surface area contributed by atoms with E-state index in [1.165, 1.54) is 0 Å². The first-order valence-corrected chi connectivity index (χ1v) is 6.06. The van der Waals surface area contributed by atoms with Gasteiger partial charge in [-0.3, -0.25) is 4.99 Å². The van der Waals surface area contributed by atoms with Gasteiger partial charge in [0.05, 0.1) is 0 Å². The van der Waals surface area contributed by atoms with Gasteiger partial charge in [0.2, 0.25) is 0 Å². The van der Waals surface area contributed by atoms with Crippen molar-refractivity contribution in [3.63, 3.8) is 0 Å². The monoisotopic (exact) mass is 229 g/mol. The Morgan fingerprint density at radius 2 is 1.94 bits per heavy atom. The lowest BCUT2D eigenvalue weighted by atomic mass is 10.1. The lowest BCUT2D eigenvalue weighted by molar-refractivity contribution is 0.143. The van der Waals surface area contributed by atoms with Crippen molar-refractivity contribution in [3.8, 4) is 0 Å². The van der Waals surface area contributed by atoms with Crippen molar-refractivity contribution in [2.75, 3.05) is 26.8 Å². The summed E-state index contributed by atoms with van der Waals surface area (Å²) in [5.74, 6) is 0.865. The van der Waals surface area contributed by atoms with Crippen LogP contribution in [0.5, 0.6) is 0 Å². The molecule has 4 heteroatoms. The SMILES string of the molecule is CCOCCCCNC(=NC)NC(C)(C)C. The van der Waals surface area contributed by atoms with Crippen LogP contribution in [0, 0.1) is 0 Å². The summed E-state index contributed by atoms with van der Waals surface area (Å²) in [6, 6.07) is 0. The van der Waals surface area contributed by atoms with Gasteiger partial charge in [-0.15, -0.1) is 0 Å². The molecule has 0 aliphatic carbocycles. The second kappa shape index (κ2) is 8.39. The molecule has 16 heavy (non-hydrogen) atoms. The quantitative estimate of drug-likeness (QED) is 0.414. The molecule has 0 unspecified atom stereocenters. The molecule has 96 valence electrons. The summed E-state index contributed by atoms with van der Waals surface area (Å²) in [5, 5.41) is 6.60. The van der Waals surface area contributed by atoms with E-state index in [2.05, 4.69) is 36.4 Å². The molecule has 0 saturated heterocycles. The smallest absolute Gasteiger partial charge is 0.191 e. The van der Waals surface area contributed by atoms with Gasteiger partial charge in [0.15, 0.2) is 5.96 Å². The minimum atomic E-state index is 0.0488. The fourth-order valence-electron chi connectivity index (χ4n) is 1.21. The molecule has 0 bridgehead atoms. The molecule has 0 radical (unpaired) electrons. The average Bonchev–Trinajstić information content (AvgIpc) is 2.19. The van der Waals surface area contributed by atoms with Gasteiger partial charge in [0.1, 0.15) is 0 Å². The molecule has 0 amide bonds. The first-order valence-electron chi connectivity index (χ1n) is 6.06. The van der Waals surface area contributed by atoms with E-state index in [9.17, 15) is 0 Å². The Morgan fingerprint density at radius 1 is 1.25 bits per heavy atom. The highest BCUT2D eigenvalue weighted by molar-refractivity contribution is 5.80. The van der Waals surface area contributed by atoms with E-state index in [1.54, 1.807) is 7.05 Å². The van der Waals surface area contributed by atoms with Crippen molar-refractivity contribution in [2.45, 2.75) is 46.1 Å². The highest BCUT2D eigenvalue weighted by atomic mass is 16.5. The summed E-state index contributed by atoms with van der Waals surface area (Å²) in [6.07, 6.45) is 2.19. The van der Waals surface area contributed by atoms with Crippen LogP contribution in [0.15, 0.2) is 4.99 Å². The van der Waals surface area contributed by atoms with E-state index in [0.717, 1.165) is 38.6 Å².